The van der Waals surface area contributed by atoms with E-state index in [1.807, 2.05) is 23.1 Å². The Kier molecular flexibility index (Phi) is 6.05. The van der Waals surface area contributed by atoms with E-state index in [0.29, 0.717) is 44.8 Å². The first kappa shape index (κ1) is 22.1. The van der Waals surface area contributed by atoms with Gasteiger partial charge in [0.15, 0.2) is 11.5 Å². The average molecular weight is 470 g/mol. The fourth-order valence-corrected chi connectivity index (χ4v) is 4.74. The Morgan fingerprint density at radius 1 is 1.03 bits per heavy atom. The molecular weight excluding hydrogens is 444 g/mol. The van der Waals surface area contributed by atoms with Gasteiger partial charge in [-0.05, 0) is 30.5 Å². The minimum Gasteiger partial charge on any atom is -0.481 e. The van der Waals surface area contributed by atoms with Crippen LogP contribution >= 0.6 is 0 Å². The van der Waals surface area contributed by atoms with Crippen LogP contribution in [-0.4, -0.2) is 76.9 Å². The van der Waals surface area contributed by atoms with Gasteiger partial charge in [-0.25, -0.2) is 9.97 Å². The molecule has 2 saturated heterocycles. The summed E-state index contributed by atoms with van der Waals surface area (Å²) in [6, 6.07) is 5.93. The molecule has 1 aromatic carbocycles. The predicted octanol–water partition coefficient (Wildman–Crippen LogP) is 1.74. The number of fused-ring (bicyclic) bond motifs is 1. The highest BCUT2D eigenvalue weighted by atomic mass is 16.7. The maximum atomic E-state index is 12.0. The van der Waals surface area contributed by atoms with Crippen molar-refractivity contribution in [1.82, 2.24) is 14.9 Å². The maximum Gasteiger partial charge on any atom is 0.353 e. The van der Waals surface area contributed by atoms with E-state index in [9.17, 15) is 20.0 Å². The highest BCUT2D eigenvalue weighted by molar-refractivity contribution is 5.73. The summed E-state index contributed by atoms with van der Waals surface area (Å²) in [6.07, 6.45) is 2.23. The second-order valence-electron chi connectivity index (χ2n) is 8.68. The number of piperazine rings is 1. The first-order valence-electron chi connectivity index (χ1n) is 11.3. The van der Waals surface area contributed by atoms with Gasteiger partial charge < -0.3 is 24.4 Å². The number of aliphatic carboxylic acids is 1. The summed E-state index contributed by atoms with van der Waals surface area (Å²) in [7, 11) is 0. The van der Waals surface area contributed by atoms with Crippen LogP contribution in [0.25, 0.3) is 0 Å². The number of piperidine rings is 1. The number of carbonyl (C=O) groups is 1. The lowest BCUT2D eigenvalue weighted by Crippen LogP contribution is -2.46. The average Bonchev–Trinajstić information content (AvgIpc) is 3.32. The van der Waals surface area contributed by atoms with Crippen molar-refractivity contribution >= 4 is 23.3 Å². The van der Waals surface area contributed by atoms with Crippen molar-refractivity contribution in [3.05, 3.63) is 40.2 Å². The molecule has 12 heteroatoms. The van der Waals surface area contributed by atoms with Crippen LogP contribution in [0.4, 0.5) is 17.3 Å². The number of carboxylic acid groups (broad SMARTS) is 1. The molecule has 34 heavy (non-hydrogen) atoms. The number of benzene rings is 1. The van der Waals surface area contributed by atoms with Crippen molar-refractivity contribution in [2.24, 2.45) is 5.92 Å². The van der Waals surface area contributed by atoms with Crippen molar-refractivity contribution in [2.75, 3.05) is 55.9 Å². The summed E-state index contributed by atoms with van der Waals surface area (Å²) >= 11 is 0. The lowest BCUT2D eigenvalue weighted by atomic mass is 9.97. The molecule has 5 rings (SSSR count). The molecule has 0 spiro atoms. The summed E-state index contributed by atoms with van der Waals surface area (Å²) in [5, 5.41) is 21.3. The molecule has 12 nitrogen and oxygen atoms in total. The largest absolute Gasteiger partial charge is 0.481 e. The third kappa shape index (κ3) is 4.40. The van der Waals surface area contributed by atoms with Crippen molar-refractivity contribution in [3.63, 3.8) is 0 Å². The lowest BCUT2D eigenvalue weighted by molar-refractivity contribution is -0.383. The Morgan fingerprint density at radius 2 is 1.68 bits per heavy atom. The molecule has 0 aliphatic carbocycles. The van der Waals surface area contributed by atoms with Crippen LogP contribution in [0.5, 0.6) is 11.5 Å². The van der Waals surface area contributed by atoms with Gasteiger partial charge in [-0.15, -0.1) is 0 Å². The number of anilines is 2. The molecule has 2 aromatic rings. The number of hydrogen-bond acceptors (Lipinski definition) is 10. The molecule has 180 valence electrons. The highest BCUT2D eigenvalue weighted by Crippen LogP contribution is 2.37. The number of nitrogens with zero attached hydrogens (tertiary/aromatic N) is 6. The zero-order valence-electron chi connectivity index (χ0n) is 18.6. The van der Waals surface area contributed by atoms with Gasteiger partial charge in [0.1, 0.15) is 6.33 Å². The minimum atomic E-state index is -0.823. The van der Waals surface area contributed by atoms with Crippen molar-refractivity contribution in [2.45, 2.75) is 19.4 Å². The molecule has 0 bridgehead atoms. The van der Waals surface area contributed by atoms with E-state index >= 15 is 0 Å². The van der Waals surface area contributed by atoms with Crippen LogP contribution in [0.3, 0.4) is 0 Å². The van der Waals surface area contributed by atoms with Gasteiger partial charge >= 0.3 is 11.7 Å². The minimum absolute atomic E-state index is 0.111. The Balaban J connectivity index is 1.27. The number of nitro groups is 1. The predicted molar refractivity (Wildman–Crippen MR) is 121 cm³/mol. The molecule has 3 aliphatic rings. The Bertz CT molecular complexity index is 1080. The third-order valence-corrected chi connectivity index (χ3v) is 6.62. The van der Waals surface area contributed by atoms with Gasteiger partial charge in [0, 0.05) is 45.8 Å². The fraction of sp³-hybridized carbons (Fsp3) is 0.500. The number of carboxylic acids is 1. The second kappa shape index (κ2) is 9.29. The summed E-state index contributed by atoms with van der Waals surface area (Å²) in [5.41, 5.74) is 1.01. The summed E-state index contributed by atoms with van der Waals surface area (Å²) in [4.78, 5) is 37.4. The monoisotopic (exact) mass is 470 g/mol. The molecule has 0 atom stereocenters. The zero-order valence-corrected chi connectivity index (χ0v) is 18.6. The summed E-state index contributed by atoms with van der Waals surface area (Å²) in [6.45, 7) is 4.49. The van der Waals surface area contributed by atoms with E-state index in [2.05, 4.69) is 14.9 Å². The summed E-state index contributed by atoms with van der Waals surface area (Å²) < 4.78 is 10.8. The quantitative estimate of drug-likeness (QED) is 0.488. The zero-order chi connectivity index (χ0) is 23.7. The lowest BCUT2D eigenvalue weighted by Gasteiger charge is -2.36. The molecule has 3 aliphatic heterocycles. The summed E-state index contributed by atoms with van der Waals surface area (Å²) in [5.74, 6) is 0.852. The van der Waals surface area contributed by atoms with Gasteiger partial charge in [0.2, 0.25) is 18.4 Å². The highest BCUT2D eigenvalue weighted by Gasteiger charge is 2.34. The molecule has 2 fully saturated rings. The van der Waals surface area contributed by atoms with E-state index in [1.165, 1.54) is 6.33 Å². The van der Waals surface area contributed by atoms with Crippen LogP contribution < -0.4 is 19.3 Å². The smallest absolute Gasteiger partial charge is 0.353 e. The van der Waals surface area contributed by atoms with E-state index in [4.69, 9.17) is 9.47 Å². The molecule has 4 heterocycles. The standard InChI is InChI=1S/C22H26N6O6/c29-22(30)16-3-5-26(6-4-16)20-19(28(31)32)21(24-13-23-20)27-9-7-25(8-10-27)12-15-1-2-17-18(11-15)34-14-33-17/h1-2,11,13,16H,3-10,12,14H2,(H,29,30). The fourth-order valence-electron chi connectivity index (χ4n) is 4.74. The van der Waals surface area contributed by atoms with Crippen molar-refractivity contribution < 1.29 is 24.3 Å². The Hall–Kier alpha value is -3.67. The molecule has 1 aromatic heterocycles. The van der Waals surface area contributed by atoms with Crippen LogP contribution in [0.2, 0.25) is 0 Å². The van der Waals surface area contributed by atoms with Crippen LogP contribution in [0.15, 0.2) is 24.5 Å². The Labute approximate surface area is 195 Å². The Morgan fingerprint density at radius 3 is 2.32 bits per heavy atom. The molecule has 0 radical (unpaired) electrons. The third-order valence-electron chi connectivity index (χ3n) is 6.62. The van der Waals surface area contributed by atoms with Crippen LogP contribution in [0, 0.1) is 16.0 Å². The van der Waals surface area contributed by atoms with E-state index in [-0.39, 0.29) is 18.3 Å². The SMILES string of the molecule is O=C(O)C1CCN(c2ncnc(N3CCN(Cc4ccc5c(c4)OCO5)CC3)c2[N+](=O)[O-])CC1. The van der Waals surface area contributed by atoms with Gasteiger partial charge in [0.25, 0.3) is 0 Å². The van der Waals surface area contributed by atoms with Crippen molar-refractivity contribution in [1.29, 1.82) is 0 Å². The van der Waals surface area contributed by atoms with E-state index in [0.717, 1.165) is 36.7 Å². The number of aromatic nitrogens is 2. The first-order chi connectivity index (χ1) is 16.5. The normalized spacial score (nSPS) is 18.8. The molecule has 0 saturated carbocycles. The second-order valence-corrected chi connectivity index (χ2v) is 8.68. The van der Waals surface area contributed by atoms with Crippen LogP contribution in [0.1, 0.15) is 18.4 Å². The molecular formula is C22H26N6O6. The van der Waals surface area contributed by atoms with Crippen molar-refractivity contribution in [3.8, 4) is 11.5 Å². The van der Waals surface area contributed by atoms with Gasteiger partial charge in [-0.2, -0.15) is 0 Å². The topological polar surface area (TPSA) is 134 Å². The van der Waals surface area contributed by atoms with Gasteiger partial charge in [0.05, 0.1) is 10.8 Å². The number of hydrogen-bond donors (Lipinski definition) is 1. The van der Waals surface area contributed by atoms with E-state index < -0.39 is 16.8 Å². The van der Waals surface area contributed by atoms with Gasteiger partial charge in [-0.1, -0.05) is 6.07 Å². The first-order valence-corrected chi connectivity index (χ1v) is 11.3. The maximum absolute atomic E-state index is 12.0. The number of rotatable bonds is 6. The molecule has 0 amide bonds. The number of ether oxygens (including phenoxy) is 2. The molecule has 0 unspecified atom stereocenters. The van der Waals surface area contributed by atoms with E-state index in [1.54, 1.807) is 4.90 Å². The van der Waals surface area contributed by atoms with Gasteiger partial charge in [-0.3, -0.25) is 19.8 Å². The van der Waals surface area contributed by atoms with Crippen LogP contribution in [-0.2, 0) is 11.3 Å². The molecule has 1 N–H and O–H groups in total.